The molecule has 0 N–H and O–H groups in total. The van der Waals surface area contributed by atoms with Crippen molar-refractivity contribution in [3.63, 3.8) is 0 Å². The predicted octanol–water partition coefficient (Wildman–Crippen LogP) is 5.19. The Morgan fingerprint density at radius 3 is 2.38 bits per heavy atom. The molecule has 1 radical (unpaired) electrons. The van der Waals surface area contributed by atoms with Gasteiger partial charge in [0.2, 0.25) is 0 Å². The maximum absolute atomic E-state index is 12.7. The van der Waals surface area contributed by atoms with Crippen LogP contribution in [-0.4, -0.2) is 0 Å². The summed E-state index contributed by atoms with van der Waals surface area (Å²) in [6.07, 6.45) is 0.630. The van der Waals surface area contributed by atoms with Crippen LogP contribution in [0.3, 0.4) is 0 Å². The summed E-state index contributed by atoms with van der Waals surface area (Å²) in [6.45, 7) is 0. The molecule has 21 heavy (non-hydrogen) atoms. The smallest absolute Gasteiger partial charge is 0.193 e. The molecule has 0 fully saturated rings. The Kier molecular flexibility index (Phi) is 2.68. The van der Waals surface area contributed by atoms with Gasteiger partial charge in [-0.15, -0.1) is 0 Å². The molecule has 101 valence electrons. The number of para-hydroxylation sites is 1. The van der Waals surface area contributed by atoms with Crippen LogP contribution in [0.5, 0.6) is 17.2 Å². The quantitative estimate of drug-likeness (QED) is 0.469. The predicted molar refractivity (Wildman–Crippen MR) is 81.3 cm³/mol. The minimum atomic E-state index is 0.0632. The second-order valence-electron chi connectivity index (χ2n) is 5.17. The summed E-state index contributed by atoms with van der Waals surface area (Å²) in [5, 5.41) is 12.7. The summed E-state index contributed by atoms with van der Waals surface area (Å²) in [5.41, 5.74) is 3.49. The van der Waals surface area contributed by atoms with Crippen molar-refractivity contribution in [3.8, 4) is 28.4 Å². The number of rotatable bonds is 1. The molecule has 1 aliphatic heterocycles. The molecule has 0 saturated carbocycles. The molecule has 4 rings (SSSR count). The molecule has 0 bridgehead atoms. The van der Waals surface area contributed by atoms with E-state index in [1.165, 1.54) is 0 Å². The summed E-state index contributed by atoms with van der Waals surface area (Å²) in [7, 11) is 0. The van der Waals surface area contributed by atoms with E-state index in [1.807, 2.05) is 66.7 Å². The summed E-state index contributed by atoms with van der Waals surface area (Å²) in [5.74, 6) is 1.59. The third-order valence-corrected chi connectivity index (χ3v) is 3.86. The Bertz CT molecular complexity index is 807. The van der Waals surface area contributed by atoms with E-state index in [-0.39, 0.29) is 5.75 Å². The molecule has 0 aliphatic carbocycles. The average Bonchev–Trinajstić information content (AvgIpc) is 2.55. The fraction of sp³-hybridized carbons (Fsp3) is 0.0526. The van der Waals surface area contributed by atoms with Gasteiger partial charge in [0.05, 0.1) is 0 Å². The van der Waals surface area contributed by atoms with Crippen molar-refractivity contribution in [2.24, 2.45) is 0 Å². The Balaban J connectivity index is 1.84. The van der Waals surface area contributed by atoms with Crippen LogP contribution in [0.15, 0.2) is 66.7 Å². The molecule has 0 amide bonds. The van der Waals surface area contributed by atoms with Gasteiger partial charge in [-0.25, -0.2) is 0 Å². The standard InChI is InChI=1S/C19H13O2/c20-19-15(13-6-2-1-3-7-13)10-11-18-16(19)12-14-8-4-5-9-17(14)21-18/h1-11H,12H2. The molecule has 0 aromatic heterocycles. The van der Waals surface area contributed by atoms with Gasteiger partial charge < -0.3 is 4.74 Å². The van der Waals surface area contributed by atoms with E-state index in [0.717, 1.165) is 28.0 Å². The lowest BCUT2D eigenvalue weighted by atomic mass is 9.94. The van der Waals surface area contributed by atoms with Crippen LogP contribution in [0, 0.1) is 0 Å². The molecule has 2 nitrogen and oxygen atoms in total. The fourth-order valence-corrected chi connectivity index (χ4v) is 2.78. The second-order valence-corrected chi connectivity index (χ2v) is 5.17. The van der Waals surface area contributed by atoms with Crippen LogP contribution >= 0.6 is 0 Å². The van der Waals surface area contributed by atoms with Crippen molar-refractivity contribution < 1.29 is 9.84 Å². The van der Waals surface area contributed by atoms with E-state index in [4.69, 9.17) is 4.74 Å². The van der Waals surface area contributed by atoms with Crippen molar-refractivity contribution in [1.82, 2.24) is 0 Å². The van der Waals surface area contributed by atoms with Crippen LogP contribution < -0.4 is 4.74 Å². The number of hydrogen-bond donors (Lipinski definition) is 0. The molecule has 1 heterocycles. The fourth-order valence-electron chi connectivity index (χ4n) is 2.78. The van der Waals surface area contributed by atoms with Crippen LogP contribution in [0.1, 0.15) is 11.1 Å². The Morgan fingerprint density at radius 1 is 0.762 bits per heavy atom. The van der Waals surface area contributed by atoms with E-state index < -0.39 is 0 Å². The van der Waals surface area contributed by atoms with E-state index in [9.17, 15) is 5.11 Å². The van der Waals surface area contributed by atoms with Crippen LogP contribution in [-0.2, 0) is 11.5 Å². The minimum Gasteiger partial charge on any atom is -0.457 e. The molecular weight excluding hydrogens is 260 g/mol. The molecule has 0 atom stereocenters. The lowest BCUT2D eigenvalue weighted by molar-refractivity contribution is 0.346. The van der Waals surface area contributed by atoms with Gasteiger partial charge in [0, 0.05) is 17.5 Å². The first-order valence-electron chi connectivity index (χ1n) is 6.97. The van der Waals surface area contributed by atoms with Gasteiger partial charge in [0.1, 0.15) is 11.5 Å². The van der Waals surface area contributed by atoms with Gasteiger partial charge in [-0.3, -0.25) is 5.11 Å². The SMILES string of the molecule is [O]c1c(-c2ccccc2)ccc2c1Cc1ccccc1O2. The van der Waals surface area contributed by atoms with Gasteiger partial charge in [0.15, 0.2) is 5.75 Å². The van der Waals surface area contributed by atoms with Gasteiger partial charge in [-0.05, 0) is 29.3 Å². The van der Waals surface area contributed by atoms with Gasteiger partial charge >= 0.3 is 0 Å². The van der Waals surface area contributed by atoms with Gasteiger partial charge in [0.25, 0.3) is 0 Å². The van der Waals surface area contributed by atoms with E-state index in [2.05, 4.69) is 0 Å². The Hall–Kier alpha value is -2.74. The first kappa shape index (κ1) is 12.0. The number of ether oxygens (including phenoxy) is 1. The topological polar surface area (TPSA) is 29.1 Å². The Labute approximate surface area is 123 Å². The first-order valence-corrected chi connectivity index (χ1v) is 6.97. The van der Waals surface area contributed by atoms with E-state index in [1.54, 1.807) is 0 Å². The highest BCUT2D eigenvalue weighted by Crippen LogP contribution is 2.44. The Morgan fingerprint density at radius 2 is 1.52 bits per heavy atom. The zero-order chi connectivity index (χ0) is 14.2. The summed E-state index contributed by atoms with van der Waals surface area (Å²) in [6, 6.07) is 21.4. The highest BCUT2D eigenvalue weighted by Gasteiger charge is 2.22. The number of benzene rings is 3. The zero-order valence-corrected chi connectivity index (χ0v) is 11.4. The number of hydrogen-bond acceptors (Lipinski definition) is 1. The van der Waals surface area contributed by atoms with Crippen LogP contribution in [0.2, 0.25) is 0 Å². The summed E-state index contributed by atoms with van der Waals surface area (Å²) < 4.78 is 5.85. The zero-order valence-electron chi connectivity index (χ0n) is 11.4. The highest BCUT2D eigenvalue weighted by atomic mass is 16.5. The maximum atomic E-state index is 12.7. The highest BCUT2D eigenvalue weighted by molar-refractivity contribution is 5.74. The molecule has 3 aromatic carbocycles. The first-order chi connectivity index (χ1) is 10.3. The molecule has 0 unspecified atom stereocenters. The van der Waals surface area contributed by atoms with Crippen molar-refractivity contribution >= 4 is 0 Å². The second kappa shape index (κ2) is 4.67. The van der Waals surface area contributed by atoms with Crippen molar-refractivity contribution in [2.45, 2.75) is 6.42 Å². The molecule has 0 saturated heterocycles. The summed E-state index contributed by atoms with van der Waals surface area (Å²) >= 11 is 0. The van der Waals surface area contributed by atoms with Gasteiger partial charge in [-0.2, -0.15) is 0 Å². The maximum Gasteiger partial charge on any atom is 0.193 e. The lowest BCUT2D eigenvalue weighted by Gasteiger charge is -2.21. The molecule has 3 aromatic rings. The molecule has 1 aliphatic rings. The van der Waals surface area contributed by atoms with Crippen molar-refractivity contribution in [1.29, 1.82) is 0 Å². The van der Waals surface area contributed by atoms with E-state index >= 15 is 0 Å². The van der Waals surface area contributed by atoms with E-state index in [0.29, 0.717) is 12.2 Å². The van der Waals surface area contributed by atoms with Gasteiger partial charge in [-0.1, -0.05) is 48.5 Å². The normalized spacial score (nSPS) is 12.2. The molecule has 2 heteroatoms. The average molecular weight is 273 g/mol. The molecular formula is C19H13O2. The van der Waals surface area contributed by atoms with Crippen molar-refractivity contribution in [2.75, 3.05) is 0 Å². The minimum absolute atomic E-state index is 0.0632. The summed E-state index contributed by atoms with van der Waals surface area (Å²) in [4.78, 5) is 0. The third kappa shape index (κ3) is 1.96. The largest absolute Gasteiger partial charge is 0.457 e. The lowest BCUT2D eigenvalue weighted by Crippen LogP contribution is -2.03. The van der Waals surface area contributed by atoms with Crippen LogP contribution in [0.4, 0.5) is 0 Å². The molecule has 0 spiro atoms. The van der Waals surface area contributed by atoms with Crippen LogP contribution in [0.25, 0.3) is 11.1 Å². The number of fused-ring (bicyclic) bond motifs is 2. The third-order valence-electron chi connectivity index (χ3n) is 3.86. The monoisotopic (exact) mass is 273 g/mol. The van der Waals surface area contributed by atoms with Crippen molar-refractivity contribution in [3.05, 3.63) is 77.9 Å².